The van der Waals surface area contributed by atoms with Gasteiger partial charge in [-0.1, -0.05) is 36.4 Å². The lowest BCUT2D eigenvalue weighted by atomic mass is 9.81. The third-order valence-electron chi connectivity index (χ3n) is 5.71. The number of nitrogens with one attached hydrogen (secondary N) is 1. The minimum atomic E-state index is -4.81. The summed E-state index contributed by atoms with van der Waals surface area (Å²) in [6, 6.07) is 18.0. The molecule has 0 unspecified atom stereocenters. The lowest BCUT2D eigenvalue weighted by molar-refractivity contribution is -0.274. The van der Waals surface area contributed by atoms with Crippen LogP contribution in [0.25, 0.3) is 10.8 Å². The van der Waals surface area contributed by atoms with Gasteiger partial charge in [0, 0.05) is 24.2 Å². The van der Waals surface area contributed by atoms with Gasteiger partial charge in [-0.3, -0.25) is 14.8 Å². The number of hydrogen-bond acceptors (Lipinski definition) is 5. The molecule has 0 radical (unpaired) electrons. The molecule has 0 bridgehead atoms. The summed E-state index contributed by atoms with van der Waals surface area (Å²) in [7, 11) is 0. The van der Waals surface area contributed by atoms with E-state index in [0.29, 0.717) is 28.8 Å². The van der Waals surface area contributed by atoms with E-state index in [-0.39, 0.29) is 18.1 Å². The van der Waals surface area contributed by atoms with Crippen LogP contribution in [-0.2, 0) is 5.54 Å². The van der Waals surface area contributed by atoms with E-state index in [1.54, 1.807) is 24.5 Å². The van der Waals surface area contributed by atoms with Gasteiger partial charge in [0.25, 0.3) is 5.91 Å². The summed E-state index contributed by atoms with van der Waals surface area (Å²) in [5, 5.41) is 4.61. The van der Waals surface area contributed by atoms with Crippen LogP contribution in [0.4, 0.5) is 13.2 Å². The van der Waals surface area contributed by atoms with Crippen molar-refractivity contribution in [2.75, 3.05) is 6.61 Å². The van der Waals surface area contributed by atoms with E-state index < -0.39 is 17.8 Å². The zero-order valence-electron chi connectivity index (χ0n) is 17.7. The van der Waals surface area contributed by atoms with Crippen LogP contribution < -0.4 is 14.8 Å². The van der Waals surface area contributed by atoms with Gasteiger partial charge in [0.1, 0.15) is 28.4 Å². The zero-order valence-corrected chi connectivity index (χ0v) is 17.7. The van der Waals surface area contributed by atoms with Crippen LogP contribution in [0.5, 0.6) is 11.5 Å². The Hall–Kier alpha value is -4.14. The second kappa shape index (κ2) is 8.33. The first-order chi connectivity index (χ1) is 16.4. The lowest BCUT2D eigenvalue weighted by Gasteiger charge is -2.39. The molecule has 0 saturated carbocycles. The maximum absolute atomic E-state index is 13.6. The molecule has 1 atom stereocenters. The van der Waals surface area contributed by atoms with Crippen molar-refractivity contribution in [2.45, 2.75) is 18.3 Å². The molecular formula is C25H18F3N3O3. The van der Waals surface area contributed by atoms with Gasteiger partial charge in [0.05, 0.1) is 6.61 Å². The number of aromatic nitrogens is 2. The standard InChI is InChI=1S/C25H18F3N3O3/c26-25(27,28)34-18-9-7-17(8-10-18)24(12-15-33-20-6-3-13-30-22(20)24)31-23(32)21-19-5-2-1-4-16(19)11-14-29-21/h1-11,13-14H,12,15H2,(H,31,32)/t24-/m0/s1. The van der Waals surface area contributed by atoms with Gasteiger partial charge in [-0.25, -0.2) is 0 Å². The van der Waals surface area contributed by atoms with Crippen LogP contribution in [0, 0.1) is 0 Å². The highest BCUT2D eigenvalue weighted by atomic mass is 19.4. The van der Waals surface area contributed by atoms with Crippen molar-refractivity contribution in [3.63, 3.8) is 0 Å². The van der Waals surface area contributed by atoms with Gasteiger partial charge in [-0.05, 0) is 41.3 Å². The van der Waals surface area contributed by atoms with Gasteiger partial charge in [0.2, 0.25) is 0 Å². The molecule has 4 aromatic rings. The number of ether oxygens (including phenoxy) is 2. The molecule has 1 aliphatic heterocycles. The topological polar surface area (TPSA) is 73.3 Å². The SMILES string of the molecule is O=C(N[C@]1(c2ccc(OC(F)(F)F)cc2)CCOc2cccnc21)c1nccc2ccccc12. The van der Waals surface area contributed by atoms with E-state index in [1.807, 2.05) is 30.3 Å². The Bertz CT molecular complexity index is 1350. The molecule has 1 N–H and O–H groups in total. The van der Waals surface area contributed by atoms with E-state index in [2.05, 4.69) is 20.0 Å². The predicted molar refractivity (Wildman–Crippen MR) is 117 cm³/mol. The van der Waals surface area contributed by atoms with E-state index in [9.17, 15) is 18.0 Å². The molecule has 2 aromatic carbocycles. The number of halogens is 3. The Morgan fingerprint density at radius 3 is 2.56 bits per heavy atom. The Morgan fingerprint density at radius 1 is 0.971 bits per heavy atom. The predicted octanol–water partition coefficient (Wildman–Crippen LogP) is 4.98. The van der Waals surface area contributed by atoms with Crippen LogP contribution in [0.2, 0.25) is 0 Å². The second-order valence-corrected chi connectivity index (χ2v) is 7.76. The highest BCUT2D eigenvalue weighted by Crippen LogP contribution is 2.41. The number of fused-ring (bicyclic) bond motifs is 2. The average Bonchev–Trinajstić information content (AvgIpc) is 2.83. The number of nitrogens with zero attached hydrogens (tertiary/aromatic N) is 2. The number of carbonyl (C=O) groups excluding carboxylic acids is 1. The summed E-state index contributed by atoms with van der Waals surface area (Å²) in [5.74, 6) is -0.316. The molecule has 34 heavy (non-hydrogen) atoms. The molecular weight excluding hydrogens is 447 g/mol. The molecule has 9 heteroatoms. The Morgan fingerprint density at radius 2 is 1.76 bits per heavy atom. The number of amides is 1. The molecule has 0 fully saturated rings. The van der Waals surface area contributed by atoms with Crippen molar-refractivity contribution in [3.05, 3.63) is 96.1 Å². The normalized spacial score (nSPS) is 17.5. The van der Waals surface area contributed by atoms with E-state index in [4.69, 9.17) is 4.74 Å². The van der Waals surface area contributed by atoms with E-state index in [0.717, 1.165) is 5.39 Å². The van der Waals surface area contributed by atoms with Crippen LogP contribution in [0.15, 0.2) is 79.1 Å². The first-order valence-electron chi connectivity index (χ1n) is 10.5. The summed E-state index contributed by atoms with van der Waals surface area (Å²) in [4.78, 5) is 22.3. The Kier molecular flexibility index (Phi) is 5.31. The maximum atomic E-state index is 13.6. The molecule has 0 spiro atoms. The fourth-order valence-electron chi connectivity index (χ4n) is 4.23. The maximum Gasteiger partial charge on any atom is 0.573 e. The number of hydrogen-bond donors (Lipinski definition) is 1. The van der Waals surface area contributed by atoms with Gasteiger partial charge < -0.3 is 14.8 Å². The van der Waals surface area contributed by atoms with Crippen molar-refractivity contribution < 1.29 is 27.4 Å². The zero-order chi connectivity index (χ0) is 23.8. The summed E-state index contributed by atoms with van der Waals surface area (Å²) >= 11 is 0. The molecule has 3 heterocycles. The lowest BCUT2D eigenvalue weighted by Crippen LogP contribution is -2.50. The quantitative estimate of drug-likeness (QED) is 0.460. The molecule has 2 aromatic heterocycles. The summed E-state index contributed by atoms with van der Waals surface area (Å²) < 4.78 is 47.7. The van der Waals surface area contributed by atoms with Crippen LogP contribution in [0.3, 0.4) is 0 Å². The van der Waals surface area contributed by atoms with Gasteiger partial charge in [-0.2, -0.15) is 0 Å². The fourth-order valence-corrected chi connectivity index (χ4v) is 4.23. The van der Waals surface area contributed by atoms with Crippen LogP contribution in [-0.4, -0.2) is 28.8 Å². The van der Waals surface area contributed by atoms with Gasteiger partial charge in [0.15, 0.2) is 0 Å². The van der Waals surface area contributed by atoms with E-state index >= 15 is 0 Å². The second-order valence-electron chi connectivity index (χ2n) is 7.76. The Labute approximate surface area is 192 Å². The molecule has 0 aliphatic carbocycles. The molecule has 1 amide bonds. The smallest absolute Gasteiger partial charge is 0.491 e. The molecule has 172 valence electrons. The number of rotatable bonds is 4. The number of alkyl halides is 3. The average molecular weight is 465 g/mol. The summed E-state index contributed by atoms with van der Waals surface area (Å²) in [5.41, 5.74) is 0.0815. The molecule has 6 nitrogen and oxygen atoms in total. The van der Waals surface area contributed by atoms with Crippen molar-refractivity contribution in [2.24, 2.45) is 0 Å². The molecule has 0 saturated heterocycles. The molecule has 1 aliphatic rings. The van der Waals surface area contributed by atoms with Crippen LogP contribution in [0.1, 0.15) is 28.2 Å². The third kappa shape index (κ3) is 4.00. The van der Waals surface area contributed by atoms with Crippen molar-refractivity contribution in [1.29, 1.82) is 0 Å². The highest BCUT2D eigenvalue weighted by Gasteiger charge is 2.43. The van der Waals surface area contributed by atoms with Gasteiger partial charge in [-0.15, -0.1) is 13.2 Å². The summed E-state index contributed by atoms with van der Waals surface area (Å²) in [6.45, 7) is 0.267. The van der Waals surface area contributed by atoms with Crippen LogP contribution >= 0.6 is 0 Å². The van der Waals surface area contributed by atoms with E-state index in [1.165, 1.54) is 24.3 Å². The molecule has 5 rings (SSSR count). The third-order valence-corrected chi connectivity index (χ3v) is 5.71. The first-order valence-corrected chi connectivity index (χ1v) is 10.5. The minimum Gasteiger partial charge on any atom is -0.491 e. The number of carbonyl (C=O) groups is 1. The highest BCUT2D eigenvalue weighted by molar-refractivity contribution is 6.05. The largest absolute Gasteiger partial charge is 0.573 e. The first kappa shape index (κ1) is 21.7. The van der Waals surface area contributed by atoms with Gasteiger partial charge >= 0.3 is 6.36 Å². The minimum absolute atomic E-state index is 0.235. The fraction of sp³-hybridized carbons (Fsp3) is 0.160. The monoisotopic (exact) mass is 465 g/mol. The number of pyridine rings is 2. The summed E-state index contributed by atoms with van der Waals surface area (Å²) in [6.07, 6.45) is -1.36. The Balaban J connectivity index is 1.60. The van der Waals surface area contributed by atoms with Crippen molar-refractivity contribution in [3.8, 4) is 11.5 Å². The van der Waals surface area contributed by atoms with Crippen molar-refractivity contribution in [1.82, 2.24) is 15.3 Å². The van der Waals surface area contributed by atoms with Crippen molar-refractivity contribution >= 4 is 16.7 Å². The number of benzene rings is 2.